The Morgan fingerprint density at radius 3 is 2.18 bits per heavy atom. The van der Waals surface area contributed by atoms with Crippen molar-refractivity contribution in [1.82, 2.24) is 0 Å². The smallest absolute Gasteiger partial charge is 0.207 e. The second-order valence-electron chi connectivity index (χ2n) is 5.69. The third-order valence-electron chi connectivity index (χ3n) is 4.29. The summed E-state index contributed by atoms with van der Waals surface area (Å²) in [6, 6.07) is 0. The number of aliphatic hydroxyl groups is 6. The first kappa shape index (κ1) is 16.8. The van der Waals surface area contributed by atoms with E-state index < -0.39 is 67.2 Å². The summed E-state index contributed by atoms with van der Waals surface area (Å²) < 4.78 is 16.6. The predicted octanol–water partition coefficient (Wildman–Crippen LogP) is -3.63. The number of ether oxygens (including phenoxy) is 3. The Morgan fingerprint density at radius 1 is 0.909 bits per heavy atom. The third kappa shape index (κ3) is 2.47. The lowest BCUT2D eigenvalue weighted by Gasteiger charge is -2.49. The van der Waals surface area contributed by atoms with Crippen molar-refractivity contribution in [1.29, 1.82) is 0 Å². The van der Waals surface area contributed by atoms with Crippen molar-refractivity contribution in [2.75, 3.05) is 19.0 Å². The van der Waals surface area contributed by atoms with Crippen LogP contribution in [0, 0.1) is 0 Å². The molecular weight excluding hydrogens is 320 g/mol. The van der Waals surface area contributed by atoms with Gasteiger partial charge in [0.2, 0.25) is 5.79 Å². The van der Waals surface area contributed by atoms with Gasteiger partial charge in [0.15, 0.2) is 0 Å². The van der Waals surface area contributed by atoms with Gasteiger partial charge in [0.25, 0.3) is 0 Å². The average molecular weight is 340 g/mol. The maximum absolute atomic E-state index is 10.2. The van der Waals surface area contributed by atoms with Crippen molar-refractivity contribution in [3.8, 4) is 0 Å². The first-order chi connectivity index (χ1) is 10.4. The molecule has 9 nitrogen and oxygen atoms in total. The number of aliphatic hydroxyl groups excluding tert-OH is 6. The van der Waals surface area contributed by atoms with Crippen molar-refractivity contribution in [2.24, 2.45) is 0 Å². The van der Waals surface area contributed by atoms with Crippen LogP contribution in [0.5, 0.6) is 0 Å². The zero-order valence-corrected chi connectivity index (χ0v) is 12.4. The lowest BCUT2D eigenvalue weighted by atomic mass is 9.99. The molecule has 22 heavy (non-hydrogen) atoms. The SMILES string of the molecule is OC[C@H]1O[C@@]2(CS[C@@H]3O[C@H](CO)[C@@H](O)[C@H](O)[C@H]3O2)[C@@H](O)[C@@H]1O. The molecule has 3 rings (SSSR count). The van der Waals surface area contributed by atoms with Gasteiger partial charge in [-0.15, -0.1) is 11.8 Å². The van der Waals surface area contributed by atoms with E-state index in [2.05, 4.69) is 0 Å². The van der Waals surface area contributed by atoms with E-state index in [1.165, 1.54) is 11.8 Å². The summed E-state index contributed by atoms with van der Waals surface area (Å²) in [6.07, 6.45) is -8.34. The zero-order valence-electron chi connectivity index (χ0n) is 11.6. The summed E-state index contributed by atoms with van der Waals surface area (Å²) in [7, 11) is 0. The second kappa shape index (κ2) is 6.13. The van der Waals surface area contributed by atoms with Crippen molar-refractivity contribution >= 4 is 11.8 Å². The van der Waals surface area contributed by atoms with Crippen LogP contribution in [0.2, 0.25) is 0 Å². The van der Waals surface area contributed by atoms with Crippen molar-refractivity contribution in [2.45, 2.75) is 54.0 Å². The largest absolute Gasteiger partial charge is 0.394 e. The first-order valence-electron chi connectivity index (χ1n) is 7.00. The fourth-order valence-electron chi connectivity index (χ4n) is 3.00. The maximum Gasteiger partial charge on any atom is 0.207 e. The van der Waals surface area contributed by atoms with Crippen molar-refractivity contribution < 1.29 is 44.8 Å². The first-order valence-corrected chi connectivity index (χ1v) is 8.05. The molecule has 3 aliphatic rings. The van der Waals surface area contributed by atoms with Gasteiger partial charge in [-0.05, 0) is 0 Å². The Labute approximate surface area is 130 Å². The normalized spacial score (nSPS) is 55.4. The molecule has 0 bridgehead atoms. The van der Waals surface area contributed by atoms with E-state index in [1.807, 2.05) is 0 Å². The molecule has 0 radical (unpaired) electrons. The Hall–Kier alpha value is -0.0100. The average Bonchev–Trinajstić information content (AvgIpc) is 2.76. The molecule has 9 atom stereocenters. The molecule has 0 saturated carbocycles. The minimum absolute atomic E-state index is 0.101. The summed E-state index contributed by atoms with van der Waals surface area (Å²) in [5, 5.41) is 58.4. The monoisotopic (exact) mass is 340 g/mol. The van der Waals surface area contributed by atoms with Gasteiger partial charge in [0, 0.05) is 0 Å². The molecule has 1 spiro atoms. The minimum atomic E-state index is -1.59. The number of rotatable bonds is 2. The van der Waals surface area contributed by atoms with Crippen LogP contribution in [0.15, 0.2) is 0 Å². The number of hydrogen-bond acceptors (Lipinski definition) is 10. The van der Waals surface area contributed by atoms with E-state index >= 15 is 0 Å². The Morgan fingerprint density at radius 2 is 1.59 bits per heavy atom. The standard InChI is InChI=1S/C12H20O9S/c13-1-4-6(15)8(17)9-11(19-4)22-3-12(21-9)10(18)7(16)5(2-14)20-12/h4-11,13-18H,1-3H2/t4-,5-,6-,7-,8+,9-,10+,11+,12-/m1/s1. The maximum atomic E-state index is 10.2. The van der Waals surface area contributed by atoms with Gasteiger partial charge in [-0.3, -0.25) is 0 Å². The van der Waals surface area contributed by atoms with E-state index in [4.69, 9.17) is 24.4 Å². The molecule has 128 valence electrons. The van der Waals surface area contributed by atoms with Gasteiger partial charge >= 0.3 is 0 Å². The van der Waals surface area contributed by atoms with Crippen LogP contribution in [0.25, 0.3) is 0 Å². The fourth-order valence-corrected chi connectivity index (χ4v) is 4.33. The third-order valence-corrected chi connectivity index (χ3v) is 5.57. The molecule has 0 amide bonds. The summed E-state index contributed by atoms with van der Waals surface area (Å²) in [5.74, 6) is -1.49. The van der Waals surface area contributed by atoms with Gasteiger partial charge in [-0.1, -0.05) is 0 Å². The van der Waals surface area contributed by atoms with E-state index in [1.54, 1.807) is 0 Å². The summed E-state index contributed by atoms with van der Waals surface area (Å²) in [6.45, 7) is -0.937. The van der Waals surface area contributed by atoms with E-state index in [0.29, 0.717) is 0 Å². The Kier molecular flexibility index (Phi) is 4.69. The second-order valence-corrected chi connectivity index (χ2v) is 6.77. The molecule has 0 aromatic carbocycles. The van der Waals surface area contributed by atoms with E-state index in [9.17, 15) is 20.4 Å². The lowest BCUT2D eigenvalue weighted by Crippen LogP contribution is -2.65. The highest BCUT2D eigenvalue weighted by Gasteiger charge is 2.61. The molecule has 6 N–H and O–H groups in total. The zero-order chi connectivity index (χ0) is 16.1. The molecule has 10 heteroatoms. The molecule has 3 heterocycles. The summed E-state index contributed by atoms with van der Waals surface area (Å²) in [4.78, 5) is 0. The number of thioether (sulfide) groups is 1. The van der Waals surface area contributed by atoms with Crippen LogP contribution >= 0.6 is 11.8 Å². The van der Waals surface area contributed by atoms with Crippen LogP contribution in [-0.4, -0.2) is 104 Å². The van der Waals surface area contributed by atoms with Gasteiger partial charge in [-0.2, -0.15) is 0 Å². The summed E-state index contributed by atoms with van der Waals surface area (Å²) in [5.41, 5.74) is -0.651. The van der Waals surface area contributed by atoms with Gasteiger partial charge in [0.1, 0.15) is 48.2 Å². The van der Waals surface area contributed by atoms with Crippen LogP contribution < -0.4 is 0 Å². The Balaban J connectivity index is 1.78. The Bertz CT molecular complexity index is 410. The highest BCUT2D eigenvalue weighted by Crippen LogP contribution is 2.45. The fraction of sp³-hybridized carbons (Fsp3) is 1.00. The molecule has 3 saturated heterocycles. The van der Waals surface area contributed by atoms with Crippen molar-refractivity contribution in [3.63, 3.8) is 0 Å². The molecule has 3 fully saturated rings. The quantitative estimate of drug-likeness (QED) is 0.297. The highest BCUT2D eigenvalue weighted by atomic mass is 32.2. The molecule has 0 unspecified atom stereocenters. The van der Waals surface area contributed by atoms with Gasteiger partial charge in [0.05, 0.1) is 19.0 Å². The van der Waals surface area contributed by atoms with Crippen LogP contribution in [0.1, 0.15) is 0 Å². The lowest BCUT2D eigenvalue weighted by molar-refractivity contribution is -0.319. The molecule has 0 aromatic rings. The molecule has 3 aliphatic heterocycles. The van der Waals surface area contributed by atoms with Crippen LogP contribution in [0.4, 0.5) is 0 Å². The number of hydrogen-bond donors (Lipinski definition) is 6. The highest BCUT2D eigenvalue weighted by molar-refractivity contribution is 7.99. The summed E-state index contributed by atoms with van der Waals surface area (Å²) >= 11 is 1.18. The van der Waals surface area contributed by atoms with E-state index in [0.717, 1.165) is 0 Å². The van der Waals surface area contributed by atoms with Crippen molar-refractivity contribution in [3.05, 3.63) is 0 Å². The van der Waals surface area contributed by atoms with Gasteiger partial charge in [-0.25, -0.2) is 0 Å². The van der Waals surface area contributed by atoms with E-state index in [-0.39, 0.29) is 5.75 Å². The number of fused-ring (bicyclic) bond motifs is 1. The molecule has 0 aliphatic carbocycles. The topological polar surface area (TPSA) is 149 Å². The minimum Gasteiger partial charge on any atom is -0.394 e. The van der Waals surface area contributed by atoms with Crippen LogP contribution in [0.3, 0.4) is 0 Å². The molecular formula is C12H20O9S. The van der Waals surface area contributed by atoms with Crippen LogP contribution in [-0.2, 0) is 14.2 Å². The van der Waals surface area contributed by atoms with Gasteiger partial charge < -0.3 is 44.8 Å². The molecule has 0 aromatic heterocycles. The predicted molar refractivity (Wildman–Crippen MR) is 71.8 cm³/mol.